The molecule has 5 nitrogen and oxygen atoms in total. The third-order valence-electron chi connectivity index (χ3n) is 3.45. The molecule has 0 aromatic rings. The molecule has 0 bridgehead atoms. The quantitative estimate of drug-likeness (QED) is 0.536. The number of carbonyl (C=O) groups is 2. The monoisotopic (exact) mass is 249 g/mol. The van der Waals surface area contributed by atoms with E-state index in [1.54, 1.807) is 26.2 Å². The fraction of sp³-hybridized carbons (Fsp3) is 0.538. The predicted molar refractivity (Wildman–Crippen MR) is 68.2 cm³/mol. The molecule has 2 fully saturated rings. The first-order chi connectivity index (χ1) is 8.61. The van der Waals surface area contributed by atoms with E-state index >= 15 is 0 Å². The first kappa shape index (κ1) is 12.7. The van der Waals surface area contributed by atoms with E-state index in [-0.39, 0.29) is 17.4 Å². The molecule has 2 saturated heterocycles. The number of hydrogen-bond donors (Lipinski definition) is 0. The molecule has 0 N–H and O–H groups in total. The van der Waals surface area contributed by atoms with Crippen LogP contribution in [0.2, 0.25) is 0 Å². The van der Waals surface area contributed by atoms with Crippen LogP contribution in [0.1, 0.15) is 19.3 Å². The fourth-order valence-electron chi connectivity index (χ4n) is 2.18. The third kappa shape index (κ3) is 2.39. The second kappa shape index (κ2) is 5.25. The lowest BCUT2D eigenvalue weighted by Crippen LogP contribution is -2.33. The lowest BCUT2D eigenvalue weighted by Gasteiger charge is -2.24. The fourth-order valence-corrected chi connectivity index (χ4v) is 2.18. The number of hydrogen-bond acceptors (Lipinski definition) is 3. The zero-order valence-corrected chi connectivity index (χ0v) is 10.9. The van der Waals surface area contributed by atoms with Crippen LogP contribution in [0.4, 0.5) is 0 Å². The number of likely N-dealkylation sites (N-methyl/N-ethyl adjacent to an activating group) is 2. The van der Waals surface area contributed by atoms with Crippen LogP contribution in [0.5, 0.6) is 0 Å². The van der Waals surface area contributed by atoms with Gasteiger partial charge in [-0.25, -0.2) is 0 Å². The molecular formula is C13H19N3O2. The predicted octanol–water partition coefficient (Wildman–Crippen LogP) is 0.758. The van der Waals surface area contributed by atoms with Crippen molar-refractivity contribution in [1.29, 1.82) is 0 Å². The molecule has 0 saturated carbocycles. The van der Waals surface area contributed by atoms with Crippen molar-refractivity contribution in [3.05, 3.63) is 23.9 Å². The summed E-state index contributed by atoms with van der Waals surface area (Å²) in [5, 5.41) is 2.64. The summed E-state index contributed by atoms with van der Waals surface area (Å²) in [5.41, 5.74) is 0.230. The van der Waals surface area contributed by atoms with Crippen LogP contribution in [0, 0.1) is 0 Å². The topological polar surface area (TPSA) is 43.9 Å². The van der Waals surface area contributed by atoms with Gasteiger partial charge < -0.3 is 4.90 Å². The van der Waals surface area contributed by atoms with Crippen LogP contribution in [0.3, 0.4) is 0 Å². The zero-order valence-electron chi connectivity index (χ0n) is 10.9. The maximum absolute atomic E-state index is 11.8. The number of piperidine rings is 1. The Hall–Kier alpha value is -1.78. The summed E-state index contributed by atoms with van der Waals surface area (Å²) in [7, 11) is 3.19. The number of nitrogens with zero attached hydrogens (tertiary/aromatic N) is 3. The summed E-state index contributed by atoms with van der Waals surface area (Å²) >= 11 is 0. The Kier molecular flexibility index (Phi) is 3.69. The Labute approximate surface area is 107 Å². The van der Waals surface area contributed by atoms with Gasteiger partial charge >= 0.3 is 0 Å². The number of rotatable bonds is 2. The van der Waals surface area contributed by atoms with Crippen molar-refractivity contribution in [2.75, 3.05) is 27.2 Å². The van der Waals surface area contributed by atoms with Gasteiger partial charge in [-0.2, -0.15) is 0 Å². The highest BCUT2D eigenvalue weighted by Crippen LogP contribution is 2.16. The van der Waals surface area contributed by atoms with E-state index in [1.165, 1.54) is 29.3 Å². The lowest BCUT2D eigenvalue weighted by atomic mass is 10.1. The van der Waals surface area contributed by atoms with Gasteiger partial charge in [-0.15, -0.1) is 0 Å². The van der Waals surface area contributed by atoms with Crippen LogP contribution in [-0.2, 0) is 9.59 Å². The first-order valence-corrected chi connectivity index (χ1v) is 6.30. The minimum absolute atomic E-state index is 0.230. The van der Waals surface area contributed by atoms with Crippen LogP contribution < -0.4 is 0 Å². The van der Waals surface area contributed by atoms with Gasteiger partial charge in [0, 0.05) is 27.2 Å². The molecule has 0 aromatic heterocycles. The van der Waals surface area contributed by atoms with Gasteiger partial charge in [-0.3, -0.25) is 19.6 Å². The number of carbonyl (C=O) groups excluding carboxylic acids is 2. The molecule has 0 spiro atoms. The maximum atomic E-state index is 11.8. The highest BCUT2D eigenvalue weighted by atomic mass is 16.2. The number of allylic oxidation sites excluding steroid dienone is 2. The Balaban J connectivity index is 2.02. The van der Waals surface area contributed by atoms with Gasteiger partial charge in [-0.1, -0.05) is 0 Å². The second-order valence-corrected chi connectivity index (χ2v) is 4.68. The highest BCUT2D eigenvalue weighted by Gasteiger charge is 2.35. The van der Waals surface area contributed by atoms with Crippen LogP contribution in [0.25, 0.3) is 0 Å². The molecule has 5 heteroatoms. The Bertz CT molecular complexity index is 386. The van der Waals surface area contributed by atoms with Gasteiger partial charge in [0.2, 0.25) is 0 Å². The molecule has 0 aromatic carbocycles. The summed E-state index contributed by atoms with van der Waals surface area (Å²) in [4.78, 5) is 25.7. The van der Waals surface area contributed by atoms with Crippen molar-refractivity contribution >= 4 is 11.8 Å². The van der Waals surface area contributed by atoms with E-state index in [0.717, 1.165) is 13.1 Å². The molecule has 18 heavy (non-hydrogen) atoms. The number of amides is 2. The molecule has 2 aliphatic heterocycles. The van der Waals surface area contributed by atoms with Gasteiger partial charge in [0.25, 0.3) is 11.8 Å². The first-order valence-electron chi connectivity index (χ1n) is 6.30. The van der Waals surface area contributed by atoms with Gasteiger partial charge in [0.1, 0.15) is 5.57 Å². The minimum atomic E-state index is -0.245. The Morgan fingerprint density at radius 1 is 0.944 bits per heavy atom. The average molecular weight is 249 g/mol. The smallest absolute Gasteiger partial charge is 0.277 e. The third-order valence-corrected chi connectivity index (χ3v) is 3.45. The average Bonchev–Trinajstić information content (AvgIpc) is 2.57. The second-order valence-electron chi connectivity index (χ2n) is 4.68. The standard InChI is InChI=1S/C13H19N3O2/c1-14-12(17)11(13(18)15(14)2)7-6-10-16-8-4-3-5-9-16/h6-7,10H,3-5,8-9H2,1-2H3. The van der Waals surface area contributed by atoms with Crippen LogP contribution in [-0.4, -0.2) is 53.9 Å². The summed E-state index contributed by atoms with van der Waals surface area (Å²) in [6.45, 7) is 2.11. The van der Waals surface area contributed by atoms with E-state index in [9.17, 15) is 9.59 Å². The van der Waals surface area contributed by atoms with Crippen molar-refractivity contribution in [3.8, 4) is 0 Å². The molecule has 2 rings (SSSR count). The lowest BCUT2D eigenvalue weighted by molar-refractivity contribution is -0.141. The molecule has 98 valence electrons. The van der Waals surface area contributed by atoms with Crippen LogP contribution in [0.15, 0.2) is 23.9 Å². The molecule has 2 aliphatic rings. The molecule has 2 heterocycles. The van der Waals surface area contributed by atoms with E-state index in [0.29, 0.717) is 0 Å². The molecule has 0 atom stereocenters. The summed E-state index contributed by atoms with van der Waals surface area (Å²) in [6, 6.07) is 0. The molecule has 0 aliphatic carbocycles. The SMILES string of the molecule is CN1C(=O)C(=CC=CN2CCCCC2)C(=O)N1C. The molecule has 0 unspecified atom stereocenters. The van der Waals surface area contributed by atoms with E-state index in [2.05, 4.69) is 4.90 Å². The van der Waals surface area contributed by atoms with Gasteiger partial charge in [0.15, 0.2) is 0 Å². The van der Waals surface area contributed by atoms with Crippen LogP contribution >= 0.6 is 0 Å². The van der Waals surface area contributed by atoms with Gasteiger partial charge in [-0.05, 0) is 37.6 Å². The van der Waals surface area contributed by atoms with Crippen molar-refractivity contribution in [2.45, 2.75) is 19.3 Å². The molecule has 0 radical (unpaired) electrons. The van der Waals surface area contributed by atoms with Gasteiger partial charge in [0.05, 0.1) is 0 Å². The zero-order chi connectivity index (χ0) is 13.1. The highest BCUT2D eigenvalue weighted by molar-refractivity contribution is 6.22. The van der Waals surface area contributed by atoms with Crippen molar-refractivity contribution in [1.82, 2.24) is 14.9 Å². The Morgan fingerprint density at radius 3 is 2.06 bits per heavy atom. The summed E-state index contributed by atoms with van der Waals surface area (Å²) in [6.07, 6.45) is 9.08. The van der Waals surface area contributed by atoms with E-state index in [1.807, 2.05) is 6.20 Å². The molecule has 2 amide bonds. The van der Waals surface area contributed by atoms with E-state index in [4.69, 9.17) is 0 Å². The van der Waals surface area contributed by atoms with Crippen molar-refractivity contribution < 1.29 is 9.59 Å². The Morgan fingerprint density at radius 2 is 1.50 bits per heavy atom. The normalized spacial score (nSPS) is 21.4. The summed E-state index contributed by atoms with van der Waals surface area (Å²) in [5.74, 6) is -0.489. The van der Waals surface area contributed by atoms with Crippen molar-refractivity contribution in [2.24, 2.45) is 0 Å². The largest absolute Gasteiger partial charge is 0.377 e. The van der Waals surface area contributed by atoms with E-state index < -0.39 is 0 Å². The van der Waals surface area contributed by atoms with Crippen molar-refractivity contribution in [3.63, 3.8) is 0 Å². The molecular weight excluding hydrogens is 230 g/mol. The number of hydrazine groups is 1. The minimum Gasteiger partial charge on any atom is -0.377 e. The maximum Gasteiger partial charge on any atom is 0.277 e. The number of likely N-dealkylation sites (tertiary alicyclic amines) is 1. The summed E-state index contributed by atoms with van der Waals surface area (Å²) < 4.78 is 0.